The van der Waals surface area contributed by atoms with Crippen LogP contribution in [0.4, 0.5) is 0 Å². The van der Waals surface area contributed by atoms with Gasteiger partial charge in [0.2, 0.25) is 0 Å². The van der Waals surface area contributed by atoms with Gasteiger partial charge in [-0.3, -0.25) is 9.48 Å². The predicted octanol–water partition coefficient (Wildman–Crippen LogP) is 3.90. The molecule has 3 aromatic rings. The number of amides is 1. The average molecular weight is 400 g/mol. The minimum atomic E-state index is -0.168. The van der Waals surface area contributed by atoms with Gasteiger partial charge in [-0.05, 0) is 49.4 Å². The van der Waals surface area contributed by atoms with Crippen LogP contribution < -0.4 is 14.8 Å². The van der Waals surface area contributed by atoms with E-state index >= 15 is 0 Å². The van der Waals surface area contributed by atoms with E-state index < -0.39 is 0 Å². The maximum Gasteiger partial charge on any atom is 0.251 e. The molecule has 1 aromatic heterocycles. The van der Waals surface area contributed by atoms with E-state index in [4.69, 9.17) is 21.1 Å². The zero-order valence-corrected chi connectivity index (χ0v) is 16.8. The Kier molecular flexibility index (Phi) is 6.21. The molecular weight excluding hydrogens is 378 g/mol. The molecule has 1 N–H and O–H groups in total. The molecule has 0 saturated carbocycles. The van der Waals surface area contributed by atoms with Crippen molar-refractivity contribution in [3.8, 4) is 11.5 Å². The van der Waals surface area contributed by atoms with Crippen molar-refractivity contribution in [2.24, 2.45) is 7.05 Å². The minimum Gasteiger partial charge on any atom is -0.496 e. The van der Waals surface area contributed by atoms with Gasteiger partial charge in [0.15, 0.2) is 0 Å². The van der Waals surface area contributed by atoms with Crippen molar-refractivity contribution < 1.29 is 14.3 Å². The van der Waals surface area contributed by atoms with Crippen LogP contribution in [0.1, 0.15) is 27.2 Å². The highest BCUT2D eigenvalue weighted by Crippen LogP contribution is 2.23. The molecule has 0 aliphatic rings. The smallest absolute Gasteiger partial charge is 0.251 e. The molecule has 0 saturated heterocycles. The van der Waals surface area contributed by atoms with Gasteiger partial charge in [-0.1, -0.05) is 11.6 Å². The number of aromatic nitrogens is 2. The van der Waals surface area contributed by atoms with Crippen LogP contribution in [0.25, 0.3) is 0 Å². The number of nitrogens with one attached hydrogen (secondary N) is 1. The number of benzene rings is 2. The fourth-order valence-electron chi connectivity index (χ4n) is 2.82. The van der Waals surface area contributed by atoms with Crippen LogP contribution in [0, 0.1) is 6.92 Å². The molecule has 6 nitrogen and oxygen atoms in total. The van der Waals surface area contributed by atoms with Gasteiger partial charge in [-0.15, -0.1) is 0 Å². The van der Waals surface area contributed by atoms with Gasteiger partial charge in [-0.25, -0.2) is 0 Å². The molecule has 0 atom stereocenters. The molecule has 146 valence electrons. The lowest BCUT2D eigenvalue weighted by atomic mass is 10.1. The van der Waals surface area contributed by atoms with Crippen LogP contribution in [-0.2, 0) is 20.2 Å². The molecule has 0 aliphatic heterocycles. The second-order valence-corrected chi connectivity index (χ2v) is 6.80. The number of hydrogen-bond acceptors (Lipinski definition) is 4. The van der Waals surface area contributed by atoms with Crippen molar-refractivity contribution in [2.75, 3.05) is 7.11 Å². The van der Waals surface area contributed by atoms with Crippen molar-refractivity contribution in [3.63, 3.8) is 0 Å². The van der Waals surface area contributed by atoms with E-state index in [1.807, 2.05) is 20.2 Å². The Morgan fingerprint density at radius 1 is 1.18 bits per heavy atom. The van der Waals surface area contributed by atoms with E-state index in [9.17, 15) is 4.79 Å². The van der Waals surface area contributed by atoms with Gasteiger partial charge in [0.1, 0.15) is 18.1 Å². The molecule has 1 heterocycles. The second kappa shape index (κ2) is 8.80. The number of carbonyl (C=O) groups is 1. The number of aryl methyl sites for hydroxylation is 2. The lowest BCUT2D eigenvalue weighted by Gasteiger charge is -2.12. The number of ether oxygens (including phenoxy) is 2. The Morgan fingerprint density at radius 2 is 1.93 bits per heavy atom. The fourth-order valence-corrected chi connectivity index (χ4v) is 2.95. The van der Waals surface area contributed by atoms with Crippen molar-refractivity contribution in [1.29, 1.82) is 0 Å². The van der Waals surface area contributed by atoms with Crippen molar-refractivity contribution in [3.05, 3.63) is 76.1 Å². The summed E-state index contributed by atoms with van der Waals surface area (Å²) in [5, 5.41) is 7.85. The Morgan fingerprint density at radius 3 is 2.57 bits per heavy atom. The van der Waals surface area contributed by atoms with Gasteiger partial charge in [0.25, 0.3) is 5.91 Å². The third-order valence-corrected chi connectivity index (χ3v) is 4.56. The molecule has 1 amide bonds. The first-order chi connectivity index (χ1) is 13.5. The van der Waals surface area contributed by atoms with Gasteiger partial charge in [0.05, 0.1) is 12.8 Å². The highest BCUT2D eigenvalue weighted by Gasteiger charge is 2.12. The van der Waals surface area contributed by atoms with Crippen LogP contribution in [-0.4, -0.2) is 22.8 Å². The number of hydrogen-bond donors (Lipinski definition) is 1. The summed E-state index contributed by atoms with van der Waals surface area (Å²) in [7, 11) is 3.45. The lowest BCUT2D eigenvalue weighted by Crippen LogP contribution is -2.23. The molecule has 0 unspecified atom stereocenters. The van der Waals surface area contributed by atoms with Crippen LogP contribution >= 0.6 is 11.6 Å². The van der Waals surface area contributed by atoms with E-state index in [2.05, 4.69) is 10.4 Å². The molecular formula is C21H22ClN3O3. The maximum atomic E-state index is 12.6. The summed E-state index contributed by atoms with van der Waals surface area (Å²) in [6.45, 7) is 2.61. The van der Waals surface area contributed by atoms with E-state index in [1.54, 1.807) is 54.3 Å². The van der Waals surface area contributed by atoms with Crippen molar-refractivity contribution in [2.45, 2.75) is 20.1 Å². The lowest BCUT2D eigenvalue weighted by molar-refractivity contribution is 0.0950. The molecule has 0 bridgehead atoms. The largest absolute Gasteiger partial charge is 0.496 e. The predicted molar refractivity (Wildman–Crippen MR) is 108 cm³/mol. The van der Waals surface area contributed by atoms with Crippen molar-refractivity contribution >= 4 is 17.5 Å². The summed E-state index contributed by atoms with van der Waals surface area (Å²) < 4.78 is 12.9. The van der Waals surface area contributed by atoms with E-state index in [1.165, 1.54) is 0 Å². The van der Waals surface area contributed by atoms with E-state index in [0.29, 0.717) is 28.6 Å². The fraction of sp³-hybridized carbons (Fsp3) is 0.238. The van der Waals surface area contributed by atoms with Crippen LogP contribution in [0.5, 0.6) is 11.5 Å². The molecule has 0 aliphatic carbocycles. The molecule has 0 radical (unpaired) electrons. The molecule has 3 rings (SSSR count). The van der Waals surface area contributed by atoms with Gasteiger partial charge >= 0.3 is 0 Å². The Bertz CT molecular complexity index is 968. The normalized spacial score (nSPS) is 10.6. The zero-order valence-electron chi connectivity index (χ0n) is 16.0. The van der Waals surface area contributed by atoms with Crippen LogP contribution in [0.15, 0.2) is 48.7 Å². The maximum absolute atomic E-state index is 12.6. The molecule has 7 heteroatoms. The third kappa shape index (κ3) is 4.84. The Hall–Kier alpha value is -2.99. The Balaban J connectivity index is 1.69. The topological polar surface area (TPSA) is 65.4 Å². The SMILES string of the molecule is COc1ccc(C(=O)NCc2cn(C)nc2C)cc1COc1ccc(Cl)cc1. The van der Waals surface area contributed by atoms with Gasteiger partial charge in [-0.2, -0.15) is 5.10 Å². The number of rotatable bonds is 7. The molecule has 2 aromatic carbocycles. The quantitative estimate of drug-likeness (QED) is 0.654. The summed E-state index contributed by atoms with van der Waals surface area (Å²) in [5.74, 6) is 1.18. The Labute approximate surface area is 169 Å². The summed E-state index contributed by atoms with van der Waals surface area (Å²) in [6, 6.07) is 12.4. The van der Waals surface area contributed by atoms with Crippen LogP contribution in [0.3, 0.4) is 0 Å². The van der Waals surface area contributed by atoms with E-state index in [0.717, 1.165) is 16.8 Å². The summed E-state index contributed by atoms with van der Waals surface area (Å²) in [5.41, 5.74) is 3.20. The number of nitrogens with zero attached hydrogens (tertiary/aromatic N) is 2. The van der Waals surface area contributed by atoms with Gasteiger partial charge < -0.3 is 14.8 Å². The minimum absolute atomic E-state index is 0.168. The highest BCUT2D eigenvalue weighted by molar-refractivity contribution is 6.30. The van der Waals surface area contributed by atoms with E-state index in [-0.39, 0.29) is 12.5 Å². The first kappa shape index (κ1) is 19.8. The molecule has 28 heavy (non-hydrogen) atoms. The monoisotopic (exact) mass is 399 g/mol. The highest BCUT2D eigenvalue weighted by atomic mass is 35.5. The summed E-state index contributed by atoms with van der Waals surface area (Å²) in [4.78, 5) is 12.6. The summed E-state index contributed by atoms with van der Waals surface area (Å²) >= 11 is 5.89. The van der Waals surface area contributed by atoms with Gasteiger partial charge in [0, 0.05) is 41.5 Å². The van der Waals surface area contributed by atoms with Crippen molar-refractivity contribution in [1.82, 2.24) is 15.1 Å². The first-order valence-electron chi connectivity index (χ1n) is 8.79. The summed E-state index contributed by atoms with van der Waals surface area (Å²) in [6.07, 6.45) is 1.90. The third-order valence-electron chi connectivity index (χ3n) is 4.31. The number of carbonyl (C=O) groups excluding carboxylic acids is 1. The first-order valence-corrected chi connectivity index (χ1v) is 9.16. The average Bonchev–Trinajstić information content (AvgIpc) is 3.02. The molecule has 0 spiro atoms. The zero-order chi connectivity index (χ0) is 20.1. The second-order valence-electron chi connectivity index (χ2n) is 6.37. The number of methoxy groups -OCH3 is 1. The standard InChI is InChI=1S/C21H22ClN3O3/c1-14-17(12-25(2)24-14)11-23-21(26)15-4-9-20(27-3)16(10-15)13-28-19-7-5-18(22)6-8-19/h4-10,12H,11,13H2,1-3H3,(H,23,26). The number of halogens is 1. The van der Waals surface area contributed by atoms with Crippen LogP contribution in [0.2, 0.25) is 5.02 Å². The molecule has 0 fully saturated rings.